The predicted octanol–water partition coefficient (Wildman–Crippen LogP) is 0.187. The lowest BCUT2D eigenvalue weighted by atomic mass is 10.00. The molecule has 2 aliphatic heterocycles. The van der Waals surface area contributed by atoms with Crippen molar-refractivity contribution in [2.24, 2.45) is 11.8 Å². The number of ether oxygens (including phenoxy) is 1. The van der Waals surface area contributed by atoms with Gasteiger partial charge in [0.05, 0.1) is 18.1 Å². The third-order valence-corrected chi connectivity index (χ3v) is 3.69. The molecule has 2 N–H and O–H groups in total. The molecule has 0 saturated carbocycles. The van der Waals surface area contributed by atoms with Crippen molar-refractivity contribution < 1.29 is 14.3 Å². The Morgan fingerprint density at radius 1 is 1.37 bits per heavy atom. The zero-order valence-corrected chi connectivity index (χ0v) is 11.8. The number of hydrogen-bond acceptors (Lipinski definition) is 3. The van der Waals surface area contributed by atoms with Gasteiger partial charge in [-0.05, 0) is 12.3 Å². The van der Waals surface area contributed by atoms with E-state index in [2.05, 4.69) is 24.5 Å². The van der Waals surface area contributed by atoms with Crippen molar-refractivity contribution in [2.45, 2.75) is 32.5 Å². The van der Waals surface area contributed by atoms with Gasteiger partial charge in [0, 0.05) is 26.7 Å². The molecule has 0 aromatic heterocycles. The Labute approximate surface area is 113 Å². The van der Waals surface area contributed by atoms with E-state index in [1.54, 1.807) is 11.9 Å². The first-order valence-electron chi connectivity index (χ1n) is 6.91. The molecule has 2 heterocycles. The average Bonchev–Trinajstić information content (AvgIpc) is 2.69. The van der Waals surface area contributed by atoms with Crippen molar-refractivity contribution in [1.29, 1.82) is 0 Å². The van der Waals surface area contributed by atoms with E-state index in [1.165, 1.54) is 0 Å². The van der Waals surface area contributed by atoms with E-state index in [9.17, 15) is 9.59 Å². The molecule has 2 aliphatic rings. The highest BCUT2D eigenvalue weighted by molar-refractivity contribution is 5.80. The topological polar surface area (TPSA) is 70.7 Å². The predicted molar refractivity (Wildman–Crippen MR) is 70.6 cm³/mol. The Morgan fingerprint density at radius 3 is 2.74 bits per heavy atom. The number of likely N-dealkylation sites (tertiary alicyclic amines) is 1. The second-order valence-corrected chi connectivity index (χ2v) is 5.74. The molecular weight excluding hydrogens is 246 g/mol. The molecule has 0 aliphatic carbocycles. The molecule has 3 amide bonds. The van der Waals surface area contributed by atoms with Crippen molar-refractivity contribution in [1.82, 2.24) is 15.5 Å². The number of carbonyl (C=O) groups excluding carboxylic acids is 2. The Hall–Kier alpha value is -1.30. The number of urea groups is 1. The van der Waals surface area contributed by atoms with Gasteiger partial charge >= 0.3 is 6.03 Å². The molecule has 0 aromatic rings. The van der Waals surface area contributed by atoms with Crippen LogP contribution in [0.3, 0.4) is 0 Å². The largest absolute Gasteiger partial charge is 0.370 e. The number of nitrogens with zero attached hydrogens (tertiary/aromatic N) is 1. The SMILES string of the molecule is CNC(=O)[C@H]1C[C@H]2CN(C(=O)NCC(C)C)C[C@H]1O2. The van der Waals surface area contributed by atoms with Gasteiger partial charge in [-0.25, -0.2) is 4.79 Å². The van der Waals surface area contributed by atoms with Crippen LogP contribution in [0.25, 0.3) is 0 Å². The molecule has 0 radical (unpaired) electrons. The van der Waals surface area contributed by atoms with E-state index in [1.807, 2.05) is 0 Å². The van der Waals surface area contributed by atoms with Crippen LogP contribution >= 0.6 is 0 Å². The van der Waals surface area contributed by atoms with Crippen LogP contribution in [0.5, 0.6) is 0 Å². The molecule has 2 rings (SSSR count). The van der Waals surface area contributed by atoms with Crippen molar-refractivity contribution >= 4 is 11.9 Å². The summed E-state index contributed by atoms with van der Waals surface area (Å²) in [7, 11) is 1.64. The number of rotatable bonds is 3. The van der Waals surface area contributed by atoms with Gasteiger partial charge in [-0.3, -0.25) is 4.79 Å². The van der Waals surface area contributed by atoms with Gasteiger partial charge in [-0.15, -0.1) is 0 Å². The molecule has 2 saturated heterocycles. The summed E-state index contributed by atoms with van der Waals surface area (Å²) < 4.78 is 5.76. The number of hydrogen-bond donors (Lipinski definition) is 2. The summed E-state index contributed by atoms with van der Waals surface area (Å²) in [5.74, 6) is 0.315. The van der Waals surface area contributed by atoms with Crippen molar-refractivity contribution in [2.75, 3.05) is 26.7 Å². The first-order chi connectivity index (χ1) is 9.01. The van der Waals surface area contributed by atoms with Crippen LogP contribution in [0.1, 0.15) is 20.3 Å². The van der Waals surface area contributed by atoms with E-state index in [0.29, 0.717) is 32.0 Å². The van der Waals surface area contributed by atoms with Gasteiger partial charge < -0.3 is 20.3 Å². The van der Waals surface area contributed by atoms with E-state index < -0.39 is 0 Å². The summed E-state index contributed by atoms with van der Waals surface area (Å²) in [5.41, 5.74) is 0. The van der Waals surface area contributed by atoms with Crippen molar-refractivity contribution in [3.8, 4) is 0 Å². The molecular formula is C13H23N3O3. The van der Waals surface area contributed by atoms with Crippen LogP contribution in [0.2, 0.25) is 0 Å². The van der Waals surface area contributed by atoms with Crippen LogP contribution in [0.15, 0.2) is 0 Å². The fraction of sp³-hybridized carbons (Fsp3) is 0.846. The Bertz CT molecular complexity index is 359. The third-order valence-electron chi connectivity index (χ3n) is 3.69. The molecule has 0 unspecified atom stereocenters. The van der Waals surface area contributed by atoms with Crippen LogP contribution < -0.4 is 10.6 Å². The summed E-state index contributed by atoms with van der Waals surface area (Å²) in [6, 6.07) is -0.0513. The molecule has 108 valence electrons. The van der Waals surface area contributed by atoms with Crippen LogP contribution in [0.4, 0.5) is 4.79 Å². The minimum atomic E-state index is -0.163. The molecule has 0 spiro atoms. The maximum absolute atomic E-state index is 12.0. The second kappa shape index (κ2) is 5.77. The lowest BCUT2D eigenvalue weighted by Crippen LogP contribution is -2.51. The van der Waals surface area contributed by atoms with Gasteiger partial charge in [-0.1, -0.05) is 13.8 Å². The molecule has 19 heavy (non-hydrogen) atoms. The van der Waals surface area contributed by atoms with Crippen LogP contribution in [0, 0.1) is 11.8 Å². The number of carbonyl (C=O) groups is 2. The second-order valence-electron chi connectivity index (χ2n) is 5.74. The lowest BCUT2D eigenvalue weighted by Gasteiger charge is -2.32. The lowest BCUT2D eigenvalue weighted by molar-refractivity contribution is -0.127. The third kappa shape index (κ3) is 3.18. The number of fused-ring (bicyclic) bond motifs is 2. The average molecular weight is 269 g/mol. The fourth-order valence-corrected chi connectivity index (χ4v) is 2.69. The standard InChI is InChI=1S/C13H23N3O3/c1-8(2)5-15-13(18)16-6-9-4-10(12(17)14-3)11(7-16)19-9/h8-11H,4-7H2,1-3H3,(H,14,17)(H,15,18)/t9-,10-,11+/m0/s1. The van der Waals surface area contributed by atoms with Gasteiger partial charge in [0.15, 0.2) is 0 Å². The quantitative estimate of drug-likeness (QED) is 0.768. The monoisotopic (exact) mass is 269 g/mol. The first-order valence-corrected chi connectivity index (χ1v) is 6.91. The van der Waals surface area contributed by atoms with Crippen LogP contribution in [-0.2, 0) is 9.53 Å². The maximum Gasteiger partial charge on any atom is 0.317 e. The summed E-state index contributed by atoms with van der Waals surface area (Å²) >= 11 is 0. The normalized spacial score (nSPS) is 29.5. The molecule has 2 fully saturated rings. The molecule has 2 bridgehead atoms. The number of amides is 3. The zero-order chi connectivity index (χ0) is 14.0. The van der Waals surface area contributed by atoms with E-state index >= 15 is 0 Å². The first kappa shape index (κ1) is 14.1. The minimum Gasteiger partial charge on any atom is -0.370 e. The fourth-order valence-electron chi connectivity index (χ4n) is 2.69. The molecule has 0 aromatic carbocycles. The van der Waals surface area contributed by atoms with Gasteiger partial charge in [0.1, 0.15) is 0 Å². The highest BCUT2D eigenvalue weighted by Crippen LogP contribution is 2.31. The van der Waals surface area contributed by atoms with Gasteiger partial charge in [-0.2, -0.15) is 0 Å². The van der Waals surface area contributed by atoms with E-state index in [-0.39, 0.29) is 30.1 Å². The van der Waals surface area contributed by atoms with E-state index in [0.717, 1.165) is 0 Å². The molecule has 6 heteroatoms. The summed E-state index contributed by atoms with van der Waals surface area (Å²) in [4.78, 5) is 25.5. The minimum absolute atomic E-state index is 0.00847. The summed E-state index contributed by atoms with van der Waals surface area (Å²) in [6.45, 7) is 5.87. The van der Waals surface area contributed by atoms with Gasteiger partial charge in [0.2, 0.25) is 5.91 Å². The summed E-state index contributed by atoms with van der Waals surface area (Å²) in [6.07, 6.45) is 0.535. The van der Waals surface area contributed by atoms with Crippen molar-refractivity contribution in [3.05, 3.63) is 0 Å². The maximum atomic E-state index is 12.0. The van der Waals surface area contributed by atoms with Gasteiger partial charge in [0.25, 0.3) is 0 Å². The highest BCUT2D eigenvalue weighted by Gasteiger charge is 2.45. The number of morpholine rings is 1. The Kier molecular flexibility index (Phi) is 4.29. The number of nitrogens with one attached hydrogen (secondary N) is 2. The smallest absolute Gasteiger partial charge is 0.317 e. The molecule has 3 atom stereocenters. The Balaban J connectivity index is 1.91. The Morgan fingerprint density at radius 2 is 2.11 bits per heavy atom. The zero-order valence-electron chi connectivity index (χ0n) is 11.8. The summed E-state index contributed by atoms with van der Waals surface area (Å²) in [5, 5.41) is 5.58. The van der Waals surface area contributed by atoms with E-state index in [4.69, 9.17) is 4.74 Å². The highest BCUT2D eigenvalue weighted by atomic mass is 16.5. The molecule has 6 nitrogen and oxygen atoms in total. The van der Waals surface area contributed by atoms with Crippen LogP contribution in [-0.4, -0.2) is 55.7 Å². The van der Waals surface area contributed by atoms with Crippen molar-refractivity contribution in [3.63, 3.8) is 0 Å².